The molecule has 1 N–H and O–H groups in total. The normalized spacial score (nSPS) is 13.2. The fraction of sp³-hybridized carbons (Fsp3) is 0.308. The van der Waals surface area contributed by atoms with Gasteiger partial charge in [-0.1, -0.05) is 43.3 Å². The Balaban J connectivity index is 2.58. The molecule has 1 aromatic carbocycles. The molecule has 3 nitrogen and oxygen atoms in total. The average Bonchev–Trinajstić information content (AvgIpc) is 2.27. The molecule has 0 aliphatic carbocycles. The number of allylic oxidation sites excluding steroid dienone is 1. The summed E-state index contributed by atoms with van der Waals surface area (Å²) < 4.78 is 4.49. The molecule has 1 atom stereocenters. The lowest BCUT2D eigenvalue weighted by atomic mass is 9.99. The van der Waals surface area contributed by atoms with Crippen LogP contribution in [0.3, 0.4) is 0 Å². The Labute approximate surface area is 95.4 Å². The maximum atomic E-state index is 10.2. The molecule has 0 aliphatic heterocycles. The van der Waals surface area contributed by atoms with E-state index in [2.05, 4.69) is 11.7 Å². The first kappa shape index (κ1) is 12.3. The molecule has 0 bridgehead atoms. The van der Waals surface area contributed by atoms with Gasteiger partial charge in [0.2, 0.25) is 0 Å². The standard InChI is InChI=1S/C13H16O3/c1-10(9-16-13(14)15)8-11(2)12-6-4-3-5-7-12/h3-8,11H,9H2,1-2H3,(H,14,15)/b10-8+. The Morgan fingerprint density at radius 3 is 2.62 bits per heavy atom. The number of hydrogen-bond acceptors (Lipinski definition) is 2. The molecule has 86 valence electrons. The van der Waals surface area contributed by atoms with Crippen LogP contribution < -0.4 is 0 Å². The van der Waals surface area contributed by atoms with E-state index in [0.29, 0.717) is 0 Å². The minimum atomic E-state index is -1.24. The SMILES string of the molecule is C/C(=C\C(C)c1ccccc1)COC(=O)O. The van der Waals surface area contributed by atoms with Crippen LogP contribution in [0.4, 0.5) is 4.79 Å². The van der Waals surface area contributed by atoms with Crippen LogP contribution in [0.1, 0.15) is 25.3 Å². The van der Waals surface area contributed by atoms with Gasteiger partial charge in [0.15, 0.2) is 0 Å². The van der Waals surface area contributed by atoms with Gasteiger partial charge in [-0.2, -0.15) is 0 Å². The van der Waals surface area contributed by atoms with Crippen LogP contribution in [0, 0.1) is 0 Å². The summed E-state index contributed by atoms with van der Waals surface area (Å²) in [5.74, 6) is 0.263. The van der Waals surface area contributed by atoms with Crippen molar-refractivity contribution in [2.24, 2.45) is 0 Å². The highest BCUT2D eigenvalue weighted by Gasteiger charge is 2.03. The van der Waals surface area contributed by atoms with Gasteiger partial charge in [-0.3, -0.25) is 0 Å². The van der Waals surface area contributed by atoms with Crippen molar-refractivity contribution in [2.75, 3.05) is 6.61 Å². The van der Waals surface area contributed by atoms with Gasteiger partial charge < -0.3 is 9.84 Å². The molecule has 0 aliphatic rings. The third-order valence-corrected chi connectivity index (χ3v) is 2.28. The molecule has 0 radical (unpaired) electrons. The van der Waals surface area contributed by atoms with Crippen LogP contribution in [0.15, 0.2) is 42.0 Å². The Hall–Kier alpha value is -1.77. The predicted octanol–water partition coefficient (Wildman–Crippen LogP) is 3.43. The van der Waals surface area contributed by atoms with Crippen LogP contribution in [-0.2, 0) is 4.74 Å². The van der Waals surface area contributed by atoms with Crippen molar-refractivity contribution in [1.29, 1.82) is 0 Å². The van der Waals surface area contributed by atoms with Crippen LogP contribution in [0.2, 0.25) is 0 Å². The number of ether oxygens (including phenoxy) is 1. The zero-order valence-corrected chi connectivity index (χ0v) is 9.51. The molecular weight excluding hydrogens is 204 g/mol. The lowest BCUT2D eigenvalue weighted by molar-refractivity contribution is 0.0996. The van der Waals surface area contributed by atoms with Gasteiger partial charge in [0, 0.05) is 0 Å². The molecule has 0 saturated heterocycles. The third-order valence-electron chi connectivity index (χ3n) is 2.28. The number of benzene rings is 1. The Bertz CT molecular complexity index is 368. The summed E-state index contributed by atoms with van der Waals surface area (Å²) in [5, 5.41) is 8.36. The highest BCUT2D eigenvalue weighted by Crippen LogP contribution is 2.17. The molecule has 0 saturated carbocycles. The van der Waals surface area contributed by atoms with E-state index in [4.69, 9.17) is 5.11 Å². The minimum Gasteiger partial charge on any atom is -0.450 e. The highest BCUT2D eigenvalue weighted by molar-refractivity contribution is 5.57. The number of rotatable bonds is 4. The second-order valence-corrected chi connectivity index (χ2v) is 3.77. The van der Waals surface area contributed by atoms with Gasteiger partial charge in [0.25, 0.3) is 0 Å². The lowest BCUT2D eigenvalue weighted by Crippen LogP contribution is -2.03. The fourth-order valence-electron chi connectivity index (χ4n) is 1.50. The Morgan fingerprint density at radius 1 is 1.44 bits per heavy atom. The fourth-order valence-corrected chi connectivity index (χ4v) is 1.50. The highest BCUT2D eigenvalue weighted by atomic mass is 16.7. The number of carbonyl (C=O) groups is 1. The van der Waals surface area contributed by atoms with Crippen molar-refractivity contribution in [3.05, 3.63) is 47.5 Å². The second-order valence-electron chi connectivity index (χ2n) is 3.77. The first-order valence-electron chi connectivity index (χ1n) is 5.17. The van der Waals surface area contributed by atoms with E-state index in [-0.39, 0.29) is 12.5 Å². The summed E-state index contributed by atoms with van der Waals surface area (Å²) in [5.41, 5.74) is 2.12. The van der Waals surface area contributed by atoms with Crippen molar-refractivity contribution >= 4 is 6.16 Å². The molecule has 16 heavy (non-hydrogen) atoms. The van der Waals surface area contributed by atoms with Crippen molar-refractivity contribution in [1.82, 2.24) is 0 Å². The van der Waals surface area contributed by atoms with Crippen molar-refractivity contribution in [2.45, 2.75) is 19.8 Å². The predicted molar refractivity (Wildman–Crippen MR) is 62.6 cm³/mol. The van der Waals surface area contributed by atoms with E-state index >= 15 is 0 Å². The summed E-state index contributed by atoms with van der Waals surface area (Å²) in [6.07, 6.45) is 0.776. The van der Waals surface area contributed by atoms with Crippen LogP contribution >= 0.6 is 0 Å². The Kier molecular flexibility index (Phi) is 4.58. The molecular formula is C13H16O3. The lowest BCUT2D eigenvalue weighted by Gasteiger charge is -2.08. The summed E-state index contributed by atoms with van der Waals surface area (Å²) in [7, 11) is 0. The van der Waals surface area contributed by atoms with Gasteiger partial charge in [-0.15, -0.1) is 0 Å². The molecule has 0 aromatic heterocycles. The van der Waals surface area contributed by atoms with E-state index in [1.165, 1.54) is 5.56 Å². The molecule has 1 aromatic rings. The maximum absolute atomic E-state index is 10.2. The number of carboxylic acid groups (broad SMARTS) is 1. The van der Waals surface area contributed by atoms with E-state index in [1.54, 1.807) is 0 Å². The van der Waals surface area contributed by atoms with E-state index in [0.717, 1.165) is 5.57 Å². The van der Waals surface area contributed by atoms with E-state index < -0.39 is 6.16 Å². The van der Waals surface area contributed by atoms with Crippen LogP contribution in [0.25, 0.3) is 0 Å². The first-order chi connectivity index (χ1) is 7.59. The summed E-state index contributed by atoms with van der Waals surface area (Å²) in [6.45, 7) is 4.06. The van der Waals surface area contributed by atoms with Crippen molar-refractivity contribution in [3.63, 3.8) is 0 Å². The molecule has 1 unspecified atom stereocenters. The van der Waals surface area contributed by atoms with Gasteiger partial charge in [0.05, 0.1) is 0 Å². The monoisotopic (exact) mass is 220 g/mol. The first-order valence-corrected chi connectivity index (χ1v) is 5.17. The van der Waals surface area contributed by atoms with Crippen LogP contribution in [-0.4, -0.2) is 17.9 Å². The van der Waals surface area contributed by atoms with Gasteiger partial charge in [0.1, 0.15) is 6.61 Å². The largest absolute Gasteiger partial charge is 0.506 e. The molecule has 0 amide bonds. The van der Waals surface area contributed by atoms with Gasteiger partial charge in [-0.25, -0.2) is 4.79 Å². The molecule has 0 spiro atoms. The molecule has 1 rings (SSSR count). The zero-order valence-electron chi connectivity index (χ0n) is 9.51. The summed E-state index contributed by atoms with van der Waals surface area (Å²) >= 11 is 0. The third kappa shape index (κ3) is 4.17. The van der Waals surface area contributed by atoms with E-state index in [9.17, 15) is 4.79 Å². The molecule has 0 heterocycles. The van der Waals surface area contributed by atoms with Crippen molar-refractivity contribution < 1.29 is 14.6 Å². The van der Waals surface area contributed by atoms with E-state index in [1.807, 2.05) is 43.3 Å². The smallest absolute Gasteiger partial charge is 0.450 e. The number of hydrogen-bond donors (Lipinski definition) is 1. The summed E-state index contributed by atoms with van der Waals surface area (Å²) in [6, 6.07) is 10.0. The maximum Gasteiger partial charge on any atom is 0.506 e. The quantitative estimate of drug-likeness (QED) is 0.624. The average molecular weight is 220 g/mol. The summed E-state index contributed by atoms with van der Waals surface area (Å²) in [4.78, 5) is 10.2. The van der Waals surface area contributed by atoms with Gasteiger partial charge >= 0.3 is 6.16 Å². The topological polar surface area (TPSA) is 46.5 Å². The molecule has 3 heteroatoms. The van der Waals surface area contributed by atoms with Crippen molar-refractivity contribution in [3.8, 4) is 0 Å². The zero-order chi connectivity index (χ0) is 12.0. The Morgan fingerprint density at radius 2 is 2.06 bits per heavy atom. The van der Waals surface area contributed by atoms with Crippen LogP contribution in [0.5, 0.6) is 0 Å². The molecule has 0 fully saturated rings. The van der Waals surface area contributed by atoms with Gasteiger partial charge in [-0.05, 0) is 24.0 Å². The second kappa shape index (κ2) is 5.95. The minimum absolute atomic E-state index is 0.131.